The molecule has 9 nitrogen and oxygen atoms in total. The smallest absolute Gasteiger partial charge is 0.240 e. The molecule has 3 N–H and O–H groups in total. The lowest BCUT2D eigenvalue weighted by Gasteiger charge is -2.07. The molecule has 1 aromatic heterocycles. The quantitative estimate of drug-likeness (QED) is 0.457. The van der Waals surface area contributed by atoms with Gasteiger partial charge in [0.25, 0.3) is 0 Å². The normalized spacial score (nSPS) is 18.5. The summed E-state index contributed by atoms with van der Waals surface area (Å²) in [5, 5.41) is 23.5. The first-order chi connectivity index (χ1) is 12.5. The molecule has 1 atom stereocenters. The fraction of sp³-hybridized carbons (Fsp3) is 0.188. The molecular weight excluding hydrogens is 358 g/mol. The van der Waals surface area contributed by atoms with Crippen molar-refractivity contribution in [3.63, 3.8) is 0 Å². The lowest BCUT2D eigenvalue weighted by molar-refractivity contribution is -0.304. The number of fused-ring (bicyclic) bond motifs is 1. The summed E-state index contributed by atoms with van der Waals surface area (Å²) in [7, 11) is 0. The standard InChI is InChI=1S/C16H15N5O4S/c22-13(18-8-14(23)24)5-12-15(25)20-16(26-12)21-19-7-9-6-17-11-4-2-1-3-10(9)11/h1-4,6-7,12,17H,5,8H2,(H,18,22)(H,23,24)(H,20,21,25)/p-1/b19-7+/t12-/m0/s1. The highest BCUT2D eigenvalue weighted by atomic mass is 32.2. The molecule has 134 valence electrons. The van der Waals surface area contributed by atoms with Crippen LogP contribution in [0, 0.1) is 0 Å². The van der Waals surface area contributed by atoms with Crippen LogP contribution >= 0.6 is 11.8 Å². The van der Waals surface area contributed by atoms with Crippen LogP contribution in [0.5, 0.6) is 0 Å². The summed E-state index contributed by atoms with van der Waals surface area (Å²) < 4.78 is 0. The predicted molar refractivity (Wildman–Crippen MR) is 95.5 cm³/mol. The van der Waals surface area contributed by atoms with E-state index < -0.39 is 23.7 Å². The second-order valence-electron chi connectivity index (χ2n) is 5.39. The van der Waals surface area contributed by atoms with Crippen molar-refractivity contribution in [2.45, 2.75) is 11.7 Å². The molecule has 2 amide bonds. The number of carboxylic acid groups (broad SMARTS) is 1. The Morgan fingerprint density at radius 1 is 1.35 bits per heavy atom. The largest absolute Gasteiger partial charge is 0.548 e. The number of amides is 2. The van der Waals surface area contributed by atoms with Crippen LogP contribution in [0.3, 0.4) is 0 Å². The van der Waals surface area contributed by atoms with E-state index in [2.05, 4.69) is 25.8 Å². The number of nitrogens with zero attached hydrogens (tertiary/aromatic N) is 2. The zero-order chi connectivity index (χ0) is 18.5. The van der Waals surface area contributed by atoms with Crippen LogP contribution in [0.1, 0.15) is 12.0 Å². The maximum atomic E-state index is 11.8. The average Bonchev–Trinajstić information content (AvgIpc) is 3.17. The summed E-state index contributed by atoms with van der Waals surface area (Å²) in [4.78, 5) is 36.9. The first-order valence-electron chi connectivity index (χ1n) is 7.64. The summed E-state index contributed by atoms with van der Waals surface area (Å²) in [5.41, 5.74) is 1.84. The predicted octanol–water partition coefficient (Wildman–Crippen LogP) is -0.654. The highest BCUT2D eigenvalue weighted by Crippen LogP contribution is 2.22. The number of carboxylic acids is 1. The van der Waals surface area contributed by atoms with Crippen molar-refractivity contribution < 1.29 is 19.5 Å². The molecule has 1 aliphatic heterocycles. The molecule has 2 heterocycles. The summed E-state index contributed by atoms with van der Waals surface area (Å²) in [6.45, 7) is -0.590. The molecule has 3 rings (SSSR count). The summed E-state index contributed by atoms with van der Waals surface area (Å²) >= 11 is 1.07. The van der Waals surface area contributed by atoms with Crippen molar-refractivity contribution in [3.8, 4) is 0 Å². The lowest BCUT2D eigenvalue weighted by atomic mass is 10.2. The van der Waals surface area contributed by atoms with Crippen LogP contribution in [0.15, 0.2) is 40.7 Å². The number of benzene rings is 1. The van der Waals surface area contributed by atoms with Crippen molar-refractivity contribution >= 4 is 51.8 Å². The van der Waals surface area contributed by atoms with Crippen LogP contribution in [0.25, 0.3) is 10.9 Å². The van der Waals surface area contributed by atoms with Crippen molar-refractivity contribution in [2.24, 2.45) is 10.2 Å². The third-order valence-corrected chi connectivity index (χ3v) is 4.62. The van der Waals surface area contributed by atoms with Gasteiger partial charge >= 0.3 is 0 Å². The number of para-hydroxylation sites is 1. The van der Waals surface area contributed by atoms with Gasteiger partial charge < -0.3 is 25.5 Å². The monoisotopic (exact) mass is 372 g/mol. The minimum absolute atomic E-state index is 0.158. The van der Waals surface area contributed by atoms with Gasteiger partial charge in [0.05, 0.1) is 18.7 Å². The van der Waals surface area contributed by atoms with E-state index in [0.29, 0.717) is 0 Å². The van der Waals surface area contributed by atoms with Crippen LogP contribution in [0.4, 0.5) is 0 Å². The van der Waals surface area contributed by atoms with Gasteiger partial charge in [-0.1, -0.05) is 30.0 Å². The number of H-pyrrole nitrogens is 1. The number of hydrogen-bond donors (Lipinski definition) is 3. The number of carbonyl (C=O) groups is 3. The van der Waals surface area contributed by atoms with Gasteiger partial charge in [0, 0.05) is 29.1 Å². The topological polar surface area (TPSA) is 139 Å². The average molecular weight is 372 g/mol. The van der Waals surface area contributed by atoms with Crippen LogP contribution < -0.4 is 15.7 Å². The van der Waals surface area contributed by atoms with E-state index in [9.17, 15) is 19.5 Å². The van der Waals surface area contributed by atoms with Gasteiger partial charge in [0.15, 0.2) is 5.17 Å². The molecule has 1 aromatic carbocycles. The molecule has 0 unspecified atom stereocenters. The number of hydrogen-bond acceptors (Lipinski definition) is 7. The van der Waals surface area contributed by atoms with Crippen molar-refractivity contribution in [1.82, 2.24) is 15.6 Å². The Labute approximate surface area is 151 Å². The zero-order valence-electron chi connectivity index (χ0n) is 13.4. The highest BCUT2D eigenvalue weighted by molar-refractivity contribution is 8.15. The Morgan fingerprint density at radius 2 is 2.15 bits per heavy atom. The molecule has 0 bridgehead atoms. The van der Waals surface area contributed by atoms with E-state index in [0.717, 1.165) is 28.2 Å². The maximum Gasteiger partial charge on any atom is 0.240 e. The van der Waals surface area contributed by atoms with Crippen LogP contribution in [-0.4, -0.2) is 45.9 Å². The van der Waals surface area contributed by atoms with Gasteiger partial charge in [-0.3, -0.25) is 9.59 Å². The second-order valence-corrected chi connectivity index (χ2v) is 6.58. The van der Waals surface area contributed by atoms with E-state index in [1.54, 1.807) is 12.4 Å². The van der Waals surface area contributed by atoms with Crippen LogP contribution in [-0.2, 0) is 14.4 Å². The lowest BCUT2D eigenvalue weighted by Crippen LogP contribution is -2.39. The van der Waals surface area contributed by atoms with Crippen molar-refractivity contribution in [1.29, 1.82) is 0 Å². The van der Waals surface area contributed by atoms with Crippen LogP contribution in [0.2, 0.25) is 0 Å². The number of nitrogens with one attached hydrogen (secondary N) is 3. The highest BCUT2D eigenvalue weighted by Gasteiger charge is 2.32. The first-order valence-corrected chi connectivity index (χ1v) is 8.52. The molecule has 1 saturated heterocycles. The minimum atomic E-state index is -1.39. The number of thioether (sulfide) groups is 1. The Bertz CT molecular complexity index is 920. The number of rotatable bonds is 6. The molecule has 0 aliphatic carbocycles. The molecule has 10 heteroatoms. The fourth-order valence-electron chi connectivity index (χ4n) is 2.34. The van der Waals surface area contributed by atoms with E-state index in [4.69, 9.17) is 0 Å². The summed E-state index contributed by atoms with van der Waals surface area (Å²) in [6.07, 6.45) is 3.21. The SMILES string of the molecule is O=C([O-])CNC(=O)C[C@@H]1S/C(=N/N=C/c2c[nH]c3ccccc23)NC1=O. The molecule has 0 spiro atoms. The Morgan fingerprint density at radius 3 is 2.96 bits per heavy atom. The third kappa shape index (κ3) is 4.28. The second kappa shape index (κ2) is 7.83. The van der Waals surface area contributed by atoms with Gasteiger partial charge in [0.1, 0.15) is 5.25 Å². The number of aromatic amines is 1. The molecule has 1 aliphatic rings. The van der Waals surface area contributed by atoms with Gasteiger partial charge in [-0.2, -0.15) is 5.10 Å². The van der Waals surface area contributed by atoms with Crippen molar-refractivity contribution in [3.05, 3.63) is 36.0 Å². The van der Waals surface area contributed by atoms with Crippen molar-refractivity contribution in [2.75, 3.05) is 6.54 Å². The Balaban J connectivity index is 1.59. The Kier molecular flexibility index (Phi) is 5.32. The first kappa shape index (κ1) is 17.7. The number of amidine groups is 1. The number of aliphatic carboxylic acids is 1. The fourth-order valence-corrected chi connectivity index (χ4v) is 3.27. The summed E-state index contributed by atoms with van der Waals surface area (Å²) in [6, 6.07) is 7.74. The maximum absolute atomic E-state index is 11.8. The number of aromatic nitrogens is 1. The molecule has 2 aromatic rings. The third-order valence-electron chi connectivity index (χ3n) is 3.54. The van der Waals surface area contributed by atoms with Gasteiger partial charge in [0.2, 0.25) is 11.8 Å². The van der Waals surface area contributed by atoms with E-state index in [1.807, 2.05) is 24.3 Å². The molecule has 1 fully saturated rings. The summed E-state index contributed by atoms with van der Waals surface area (Å²) in [5.74, 6) is -2.32. The molecule has 26 heavy (non-hydrogen) atoms. The zero-order valence-corrected chi connectivity index (χ0v) is 14.2. The van der Waals surface area contributed by atoms with Gasteiger partial charge in [-0.25, -0.2) is 0 Å². The molecular formula is C16H14N5O4S-. The Hall–Kier alpha value is -3.14. The van der Waals surface area contributed by atoms with E-state index >= 15 is 0 Å². The van der Waals surface area contributed by atoms with Gasteiger partial charge in [-0.05, 0) is 6.07 Å². The van der Waals surface area contributed by atoms with Gasteiger partial charge in [-0.15, -0.1) is 5.10 Å². The molecule has 0 radical (unpaired) electrons. The minimum Gasteiger partial charge on any atom is -0.548 e. The number of carbonyl (C=O) groups excluding carboxylic acids is 3. The molecule has 0 saturated carbocycles. The van der Waals surface area contributed by atoms with E-state index in [-0.39, 0.29) is 17.5 Å². The van der Waals surface area contributed by atoms with E-state index in [1.165, 1.54) is 0 Å².